The third-order valence-electron chi connectivity index (χ3n) is 5.51. The van der Waals surface area contributed by atoms with E-state index in [1.165, 1.54) is 5.69 Å². The van der Waals surface area contributed by atoms with Gasteiger partial charge in [-0.3, -0.25) is 9.67 Å². The molecule has 3 heterocycles. The Hall–Kier alpha value is -2.24. The van der Waals surface area contributed by atoms with Gasteiger partial charge in [-0.25, -0.2) is 4.79 Å². The Kier molecular flexibility index (Phi) is 11.6. The zero-order chi connectivity index (χ0) is 22.8. The molecule has 184 valence electrons. The van der Waals surface area contributed by atoms with E-state index >= 15 is 0 Å². The summed E-state index contributed by atoms with van der Waals surface area (Å²) in [5, 5.41) is 11.5. The van der Waals surface area contributed by atoms with Crippen LogP contribution in [-0.4, -0.2) is 65.6 Å². The van der Waals surface area contributed by atoms with Crippen molar-refractivity contribution in [3.05, 3.63) is 41.6 Å². The molecule has 0 aromatic carbocycles. The number of carbonyl (C=O) groups is 1. The smallest absolute Gasteiger partial charge is 0.409 e. The van der Waals surface area contributed by atoms with Gasteiger partial charge in [0.2, 0.25) is 0 Å². The Morgan fingerprint density at radius 1 is 1.33 bits per heavy atom. The molecule has 0 saturated carbocycles. The molecule has 1 fully saturated rings. The van der Waals surface area contributed by atoms with Crippen LogP contribution in [0.25, 0.3) is 0 Å². The largest absolute Gasteiger partial charge is 0.469 e. The van der Waals surface area contributed by atoms with Gasteiger partial charge in [0.15, 0.2) is 5.96 Å². The summed E-state index contributed by atoms with van der Waals surface area (Å²) >= 11 is 0. The highest BCUT2D eigenvalue weighted by atomic mass is 127. The molecule has 0 unspecified atom stereocenters. The minimum absolute atomic E-state index is 0. The normalized spacial score (nSPS) is 14.6. The highest BCUT2D eigenvalue weighted by Crippen LogP contribution is 2.11. The molecule has 0 bridgehead atoms. The monoisotopic (exact) mass is 572 g/mol. The number of furan rings is 1. The van der Waals surface area contributed by atoms with Gasteiger partial charge in [-0.1, -0.05) is 0 Å². The van der Waals surface area contributed by atoms with E-state index in [2.05, 4.69) is 28.7 Å². The molecule has 0 aliphatic carbocycles. The molecular formula is C23H37IN6O3. The number of nitrogens with zero attached hydrogens (tertiary/aromatic N) is 4. The van der Waals surface area contributed by atoms with Crippen LogP contribution in [0.2, 0.25) is 0 Å². The molecule has 33 heavy (non-hydrogen) atoms. The van der Waals surface area contributed by atoms with Gasteiger partial charge in [-0.15, -0.1) is 24.0 Å². The number of aromatic nitrogens is 2. The summed E-state index contributed by atoms with van der Waals surface area (Å²) in [4.78, 5) is 18.5. The maximum absolute atomic E-state index is 11.9. The fourth-order valence-corrected chi connectivity index (χ4v) is 3.84. The molecule has 2 N–H and O–H groups in total. The number of halogens is 1. The van der Waals surface area contributed by atoms with Gasteiger partial charge in [-0.2, -0.15) is 5.10 Å². The number of aliphatic imine (C=N–C) groups is 1. The summed E-state index contributed by atoms with van der Waals surface area (Å²) in [6.45, 7) is 10.00. The predicted molar refractivity (Wildman–Crippen MR) is 139 cm³/mol. The molecule has 1 aliphatic rings. The van der Waals surface area contributed by atoms with Crippen molar-refractivity contribution in [1.82, 2.24) is 25.3 Å². The lowest BCUT2D eigenvalue weighted by Gasteiger charge is -2.32. The number of carbonyl (C=O) groups excluding carboxylic acids is 1. The second kappa shape index (κ2) is 14.1. The zero-order valence-corrected chi connectivity index (χ0v) is 22.2. The number of aryl methyl sites for hydroxylation is 3. The maximum Gasteiger partial charge on any atom is 0.409 e. The van der Waals surface area contributed by atoms with Crippen LogP contribution < -0.4 is 10.6 Å². The summed E-state index contributed by atoms with van der Waals surface area (Å²) in [6, 6.07) is 6.24. The summed E-state index contributed by atoms with van der Waals surface area (Å²) in [7, 11) is 0. The molecule has 2 aromatic heterocycles. The third-order valence-corrected chi connectivity index (χ3v) is 5.51. The highest BCUT2D eigenvalue weighted by molar-refractivity contribution is 14.0. The summed E-state index contributed by atoms with van der Waals surface area (Å²) in [6.07, 6.45) is 4.90. The average Bonchev–Trinajstić information content (AvgIpc) is 3.40. The second-order valence-electron chi connectivity index (χ2n) is 8.09. The molecule has 1 amide bonds. The Morgan fingerprint density at radius 2 is 2.12 bits per heavy atom. The quantitative estimate of drug-likeness (QED) is 0.207. The molecule has 10 heteroatoms. The van der Waals surface area contributed by atoms with E-state index in [-0.39, 0.29) is 36.1 Å². The lowest BCUT2D eigenvalue weighted by atomic mass is 10.1. The Morgan fingerprint density at radius 3 is 2.76 bits per heavy atom. The number of hydrogen-bond acceptors (Lipinski definition) is 5. The van der Waals surface area contributed by atoms with Crippen LogP contribution in [0.4, 0.5) is 4.79 Å². The molecule has 2 aromatic rings. The maximum atomic E-state index is 11.9. The van der Waals surface area contributed by atoms with Crippen molar-refractivity contribution in [2.45, 2.75) is 59.0 Å². The van der Waals surface area contributed by atoms with Gasteiger partial charge in [-0.05, 0) is 58.2 Å². The topological polar surface area (TPSA) is 96.9 Å². The van der Waals surface area contributed by atoms with E-state index < -0.39 is 0 Å². The molecule has 0 radical (unpaired) electrons. The Labute approximate surface area is 213 Å². The van der Waals surface area contributed by atoms with Gasteiger partial charge in [0.1, 0.15) is 5.76 Å². The Balaban J connectivity index is 0.00000385. The van der Waals surface area contributed by atoms with E-state index in [1.54, 1.807) is 11.2 Å². The van der Waals surface area contributed by atoms with Crippen LogP contribution in [0.1, 0.15) is 43.3 Å². The van der Waals surface area contributed by atoms with Crippen molar-refractivity contribution < 1.29 is 13.9 Å². The van der Waals surface area contributed by atoms with E-state index in [0.717, 1.165) is 56.2 Å². The number of amides is 1. The van der Waals surface area contributed by atoms with Crippen LogP contribution in [0.3, 0.4) is 0 Å². The summed E-state index contributed by atoms with van der Waals surface area (Å²) < 4.78 is 12.6. The lowest BCUT2D eigenvalue weighted by molar-refractivity contribution is 0.0963. The van der Waals surface area contributed by atoms with Gasteiger partial charge < -0.3 is 24.7 Å². The lowest BCUT2D eigenvalue weighted by Crippen LogP contribution is -2.50. The third kappa shape index (κ3) is 8.90. The minimum Gasteiger partial charge on any atom is -0.469 e. The van der Waals surface area contributed by atoms with E-state index in [1.807, 2.05) is 30.7 Å². The van der Waals surface area contributed by atoms with Crippen molar-refractivity contribution in [3.8, 4) is 0 Å². The summed E-state index contributed by atoms with van der Waals surface area (Å²) in [5.74, 6) is 1.75. The molecule has 9 nitrogen and oxygen atoms in total. The van der Waals surface area contributed by atoms with Crippen LogP contribution in [0, 0.1) is 13.8 Å². The van der Waals surface area contributed by atoms with E-state index in [4.69, 9.17) is 14.1 Å². The molecule has 0 spiro atoms. The first kappa shape index (κ1) is 27.0. The van der Waals surface area contributed by atoms with Gasteiger partial charge in [0.25, 0.3) is 0 Å². The van der Waals surface area contributed by atoms with Gasteiger partial charge >= 0.3 is 6.09 Å². The zero-order valence-electron chi connectivity index (χ0n) is 19.9. The highest BCUT2D eigenvalue weighted by Gasteiger charge is 2.24. The number of guanidine groups is 1. The van der Waals surface area contributed by atoms with Crippen LogP contribution in [0.5, 0.6) is 0 Å². The molecule has 0 atom stereocenters. The van der Waals surface area contributed by atoms with E-state index in [9.17, 15) is 4.79 Å². The van der Waals surface area contributed by atoms with Crippen LogP contribution in [0.15, 0.2) is 33.9 Å². The van der Waals surface area contributed by atoms with Crippen LogP contribution >= 0.6 is 24.0 Å². The fourth-order valence-electron chi connectivity index (χ4n) is 3.84. The predicted octanol–water partition coefficient (Wildman–Crippen LogP) is 3.50. The first-order chi connectivity index (χ1) is 15.5. The number of rotatable bonds is 9. The van der Waals surface area contributed by atoms with Crippen LogP contribution in [-0.2, 0) is 17.7 Å². The molecule has 3 rings (SSSR count). The van der Waals surface area contributed by atoms with Gasteiger partial charge in [0, 0.05) is 50.9 Å². The second-order valence-corrected chi connectivity index (χ2v) is 8.09. The first-order valence-corrected chi connectivity index (χ1v) is 11.5. The van der Waals surface area contributed by atoms with Crippen molar-refractivity contribution >= 4 is 36.0 Å². The van der Waals surface area contributed by atoms with Gasteiger partial charge in [0.05, 0.1) is 18.6 Å². The van der Waals surface area contributed by atoms with Crippen molar-refractivity contribution in [3.63, 3.8) is 0 Å². The molecule has 1 aliphatic heterocycles. The number of likely N-dealkylation sites (tertiary alicyclic amines) is 1. The SMILES string of the molecule is CCOC(=O)N1CCC(NC(=NCCCn2nc(C)cc2C)NCCc2ccco2)CC1.I. The Bertz CT molecular complexity index is 860. The molecule has 1 saturated heterocycles. The number of nitrogens with one attached hydrogen (secondary N) is 2. The number of hydrogen-bond donors (Lipinski definition) is 2. The van der Waals surface area contributed by atoms with Crippen molar-refractivity contribution in [2.24, 2.45) is 4.99 Å². The first-order valence-electron chi connectivity index (χ1n) is 11.5. The standard InChI is InChI=1S/C23H36N6O3.HI/c1-4-31-23(30)28-14-9-20(10-15-28)26-22(25-12-8-21-7-5-16-32-21)24-11-6-13-29-19(3)17-18(2)27-29;/h5,7,16-17,20H,4,6,8-15H2,1-3H3,(H2,24,25,26);1H. The van der Waals surface area contributed by atoms with Crippen molar-refractivity contribution in [2.75, 3.05) is 32.8 Å². The van der Waals surface area contributed by atoms with Crippen molar-refractivity contribution in [1.29, 1.82) is 0 Å². The summed E-state index contributed by atoms with van der Waals surface area (Å²) in [5.41, 5.74) is 2.22. The fraction of sp³-hybridized carbons (Fsp3) is 0.609. The number of piperidine rings is 1. The minimum atomic E-state index is -0.222. The van der Waals surface area contributed by atoms with E-state index in [0.29, 0.717) is 26.2 Å². The average molecular weight is 572 g/mol. The number of ether oxygens (including phenoxy) is 1. The molecular weight excluding hydrogens is 535 g/mol.